The summed E-state index contributed by atoms with van der Waals surface area (Å²) in [4.78, 5) is 22.6. The first kappa shape index (κ1) is 17.2. The number of nitriles is 1. The van der Waals surface area contributed by atoms with Gasteiger partial charge in [-0.3, -0.25) is 4.79 Å². The van der Waals surface area contributed by atoms with Crippen molar-refractivity contribution in [2.75, 3.05) is 18.8 Å². The molecule has 0 saturated heterocycles. The van der Waals surface area contributed by atoms with Gasteiger partial charge in [-0.1, -0.05) is 11.8 Å². The normalized spacial score (nSPS) is 10.7. The van der Waals surface area contributed by atoms with E-state index in [2.05, 4.69) is 21.1 Å². The molecular formula is C15H20N6OS. The molecule has 0 aliphatic carbocycles. The van der Waals surface area contributed by atoms with Gasteiger partial charge in [0.05, 0.1) is 18.2 Å². The summed E-state index contributed by atoms with van der Waals surface area (Å²) in [5.74, 6) is 0.800. The lowest BCUT2D eigenvalue weighted by Gasteiger charge is -2.18. The van der Waals surface area contributed by atoms with Crippen molar-refractivity contribution >= 4 is 23.4 Å². The summed E-state index contributed by atoms with van der Waals surface area (Å²) in [5, 5.41) is 13.6. The lowest BCUT2D eigenvalue weighted by molar-refractivity contribution is -0.128. The maximum absolute atomic E-state index is 12.2. The first-order valence-corrected chi connectivity index (χ1v) is 8.44. The average Bonchev–Trinajstić information content (AvgIpc) is 2.94. The fourth-order valence-electron chi connectivity index (χ4n) is 2.16. The molecular weight excluding hydrogens is 312 g/mol. The van der Waals surface area contributed by atoms with Crippen LogP contribution in [-0.2, 0) is 4.79 Å². The zero-order valence-electron chi connectivity index (χ0n) is 13.8. The molecule has 7 nitrogen and oxygen atoms in total. The molecule has 2 rings (SSSR count). The van der Waals surface area contributed by atoms with Crippen molar-refractivity contribution in [3.8, 4) is 6.07 Å². The van der Waals surface area contributed by atoms with Crippen LogP contribution in [0.25, 0.3) is 5.78 Å². The highest BCUT2D eigenvalue weighted by atomic mass is 32.2. The topological polar surface area (TPSA) is 87.2 Å². The Morgan fingerprint density at radius 3 is 2.74 bits per heavy atom. The largest absolute Gasteiger partial charge is 0.341 e. The van der Waals surface area contributed by atoms with E-state index >= 15 is 0 Å². The van der Waals surface area contributed by atoms with Crippen molar-refractivity contribution in [2.24, 2.45) is 0 Å². The number of nitrogens with zero attached hydrogens (tertiary/aromatic N) is 6. The van der Waals surface area contributed by atoms with Crippen LogP contribution in [0.5, 0.6) is 0 Å². The van der Waals surface area contributed by atoms with Crippen molar-refractivity contribution in [1.82, 2.24) is 24.5 Å². The van der Waals surface area contributed by atoms with Gasteiger partial charge < -0.3 is 4.90 Å². The Morgan fingerprint density at radius 2 is 2.09 bits per heavy atom. The van der Waals surface area contributed by atoms with E-state index in [0.29, 0.717) is 30.4 Å². The monoisotopic (exact) mass is 332 g/mol. The Bertz CT molecular complexity index is 763. The Labute approximate surface area is 139 Å². The molecule has 0 aliphatic rings. The Hall–Kier alpha value is -2.14. The summed E-state index contributed by atoms with van der Waals surface area (Å²) in [6.45, 7) is 8.89. The van der Waals surface area contributed by atoms with Gasteiger partial charge in [-0.2, -0.15) is 10.2 Å². The molecule has 0 fully saturated rings. The number of aromatic nitrogens is 4. The van der Waals surface area contributed by atoms with Crippen LogP contribution in [0, 0.1) is 32.1 Å². The first-order chi connectivity index (χ1) is 11.0. The van der Waals surface area contributed by atoms with Crippen molar-refractivity contribution in [2.45, 2.75) is 39.3 Å². The highest BCUT2D eigenvalue weighted by Gasteiger charge is 2.15. The molecule has 2 aromatic rings. The smallest absolute Gasteiger partial charge is 0.253 e. The van der Waals surface area contributed by atoms with E-state index in [9.17, 15) is 4.79 Å². The molecule has 23 heavy (non-hydrogen) atoms. The van der Waals surface area contributed by atoms with E-state index in [1.165, 1.54) is 11.8 Å². The molecule has 2 heterocycles. The molecule has 1 amide bonds. The third-order valence-electron chi connectivity index (χ3n) is 3.79. The zero-order chi connectivity index (χ0) is 17.0. The van der Waals surface area contributed by atoms with Gasteiger partial charge in [0.1, 0.15) is 0 Å². The van der Waals surface area contributed by atoms with E-state index in [0.717, 1.165) is 17.0 Å². The van der Waals surface area contributed by atoms with Crippen molar-refractivity contribution in [3.05, 3.63) is 17.0 Å². The number of amides is 1. The summed E-state index contributed by atoms with van der Waals surface area (Å²) in [6, 6.07) is 2.06. The van der Waals surface area contributed by atoms with Crippen LogP contribution in [-0.4, -0.2) is 49.2 Å². The van der Waals surface area contributed by atoms with Crippen LogP contribution in [0.1, 0.15) is 30.3 Å². The quantitative estimate of drug-likeness (QED) is 0.751. The Balaban J connectivity index is 2.09. The van der Waals surface area contributed by atoms with Gasteiger partial charge in [-0.15, -0.1) is 5.10 Å². The van der Waals surface area contributed by atoms with E-state index in [1.807, 2.05) is 27.7 Å². The van der Waals surface area contributed by atoms with Gasteiger partial charge >= 0.3 is 0 Å². The lowest BCUT2D eigenvalue weighted by atomic mass is 10.2. The second-order valence-electron chi connectivity index (χ2n) is 5.18. The fourth-order valence-corrected chi connectivity index (χ4v) is 2.88. The number of thioether (sulfide) groups is 1. The number of fused-ring (bicyclic) bond motifs is 1. The lowest BCUT2D eigenvalue weighted by Crippen LogP contribution is -2.33. The highest BCUT2D eigenvalue weighted by molar-refractivity contribution is 7.99. The number of carbonyl (C=O) groups excluding carboxylic acids is 1. The molecule has 0 radical (unpaired) electrons. The second-order valence-corrected chi connectivity index (χ2v) is 6.13. The van der Waals surface area contributed by atoms with Gasteiger partial charge in [0, 0.05) is 24.5 Å². The summed E-state index contributed by atoms with van der Waals surface area (Å²) >= 11 is 1.29. The van der Waals surface area contributed by atoms with E-state index in [1.54, 1.807) is 9.42 Å². The predicted octanol–water partition coefficient (Wildman–Crippen LogP) is 1.90. The van der Waals surface area contributed by atoms with Crippen molar-refractivity contribution in [1.29, 1.82) is 5.26 Å². The molecule has 2 aromatic heterocycles. The summed E-state index contributed by atoms with van der Waals surface area (Å²) in [6.07, 6.45) is 0.346. The SMILES string of the molecule is CCN(CCC#N)C(=O)CSc1nc2nc(C)c(C)c(C)n2n1. The third kappa shape index (κ3) is 3.79. The summed E-state index contributed by atoms with van der Waals surface area (Å²) in [5.41, 5.74) is 3.02. The van der Waals surface area contributed by atoms with Crippen LogP contribution in [0.3, 0.4) is 0 Å². The molecule has 0 atom stereocenters. The fraction of sp³-hybridized carbons (Fsp3) is 0.533. The molecule has 0 spiro atoms. The highest BCUT2D eigenvalue weighted by Crippen LogP contribution is 2.18. The number of hydrogen-bond acceptors (Lipinski definition) is 6. The molecule has 0 unspecified atom stereocenters. The van der Waals surface area contributed by atoms with Crippen molar-refractivity contribution in [3.63, 3.8) is 0 Å². The molecule has 0 saturated carbocycles. The maximum atomic E-state index is 12.2. The second kappa shape index (κ2) is 7.42. The molecule has 8 heteroatoms. The number of carbonyl (C=O) groups is 1. The van der Waals surface area contributed by atoms with E-state index in [-0.39, 0.29) is 11.7 Å². The molecule has 0 aromatic carbocycles. The Kier molecular flexibility index (Phi) is 5.55. The van der Waals surface area contributed by atoms with E-state index < -0.39 is 0 Å². The minimum absolute atomic E-state index is 0.0105. The number of aryl methyl sites for hydroxylation is 2. The van der Waals surface area contributed by atoms with Gasteiger partial charge in [0.2, 0.25) is 11.1 Å². The maximum Gasteiger partial charge on any atom is 0.253 e. The van der Waals surface area contributed by atoms with Crippen molar-refractivity contribution < 1.29 is 4.79 Å². The average molecular weight is 332 g/mol. The summed E-state index contributed by atoms with van der Waals surface area (Å²) in [7, 11) is 0. The number of rotatable bonds is 6. The minimum Gasteiger partial charge on any atom is -0.341 e. The molecule has 122 valence electrons. The van der Waals surface area contributed by atoms with Gasteiger partial charge in [0.15, 0.2) is 0 Å². The van der Waals surface area contributed by atoms with Crippen LogP contribution in [0.15, 0.2) is 5.16 Å². The zero-order valence-corrected chi connectivity index (χ0v) is 14.6. The third-order valence-corrected chi connectivity index (χ3v) is 4.62. The van der Waals surface area contributed by atoms with Crippen LogP contribution < -0.4 is 0 Å². The summed E-state index contributed by atoms with van der Waals surface area (Å²) < 4.78 is 1.71. The van der Waals surface area contributed by atoms with Gasteiger partial charge in [0.25, 0.3) is 5.78 Å². The molecule has 0 N–H and O–H groups in total. The minimum atomic E-state index is -0.0105. The van der Waals surface area contributed by atoms with Crippen LogP contribution >= 0.6 is 11.8 Å². The Morgan fingerprint density at radius 1 is 1.35 bits per heavy atom. The van der Waals surface area contributed by atoms with Gasteiger partial charge in [-0.05, 0) is 33.3 Å². The molecule has 0 bridgehead atoms. The number of hydrogen-bond donors (Lipinski definition) is 0. The van der Waals surface area contributed by atoms with Crippen LogP contribution in [0.2, 0.25) is 0 Å². The van der Waals surface area contributed by atoms with Crippen LogP contribution in [0.4, 0.5) is 0 Å². The first-order valence-electron chi connectivity index (χ1n) is 7.46. The van der Waals surface area contributed by atoms with Gasteiger partial charge in [-0.25, -0.2) is 9.50 Å². The standard InChI is InChI=1S/C15H20N6OS/c1-5-20(8-6-7-16)13(22)9-23-15-18-14-17-11(3)10(2)12(4)21(14)19-15/h5-6,8-9H2,1-4H3. The van der Waals surface area contributed by atoms with E-state index in [4.69, 9.17) is 5.26 Å². The predicted molar refractivity (Wildman–Crippen MR) is 88.2 cm³/mol. The molecule has 0 aliphatic heterocycles.